The van der Waals surface area contributed by atoms with Crippen LogP contribution in [0.2, 0.25) is 0 Å². The van der Waals surface area contributed by atoms with Crippen LogP contribution in [0, 0.1) is 35.0 Å². The Morgan fingerprint density at radius 1 is 1.38 bits per heavy atom. The van der Waals surface area contributed by atoms with E-state index >= 15 is 0 Å². The van der Waals surface area contributed by atoms with Gasteiger partial charge in [-0.1, -0.05) is 39.0 Å². The second-order valence-electron chi connectivity index (χ2n) is 8.14. The third-order valence-corrected chi connectivity index (χ3v) is 6.88. The van der Waals surface area contributed by atoms with E-state index < -0.39 is 5.60 Å². The van der Waals surface area contributed by atoms with Crippen LogP contribution in [-0.2, 0) is 0 Å². The highest BCUT2D eigenvalue weighted by Gasteiger charge is 2.69. The van der Waals surface area contributed by atoms with E-state index in [9.17, 15) is 5.11 Å². The number of allylic oxidation sites excluding steroid dienone is 2. The molecule has 3 rings (SSSR count). The van der Waals surface area contributed by atoms with Crippen molar-refractivity contribution in [3.8, 4) is 0 Å². The zero-order valence-corrected chi connectivity index (χ0v) is 13.8. The minimum absolute atomic E-state index is 0.206. The molecule has 0 aliphatic heterocycles. The summed E-state index contributed by atoms with van der Waals surface area (Å²) >= 11 is 0. The van der Waals surface area contributed by atoms with E-state index in [2.05, 4.69) is 40.0 Å². The lowest BCUT2D eigenvalue weighted by Gasteiger charge is -2.46. The number of hydrogen-bond acceptors (Lipinski definition) is 1. The van der Waals surface area contributed by atoms with E-state index in [1.54, 1.807) is 0 Å². The molecule has 2 saturated carbocycles. The minimum Gasteiger partial charge on any atom is -0.385 e. The summed E-state index contributed by atoms with van der Waals surface area (Å²) in [6.45, 7) is 15.0. The fourth-order valence-electron chi connectivity index (χ4n) is 5.61. The summed E-state index contributed by atoms with van der Waals surface area (Å²) in [5, 5.41) is 11.8. The molecule has 2 fully saturated rings. The SMILES string of the molecule is C=CCC1CCC=C1[C@@]1(O)[C@H](C)C[C@@H]2[C@H]([C@@H]1C=C)C2(C)C. The van der Waals surface area contributed by atoms with Crippen LogP contribution < -0.4 is 0 Å². The number of aliphatic hydroxyl groups is 1. The molecule has 0 amide bonds. The first-order chi connectivity index (χ1) is 9.88. The molecule has 0 radical (unpaired) electrons. The molecule has 3 aliphatic rings. The molecule has 116 valence electrons. The molecule has 0 saturated heterocycles. The van der Waals surface area contributed by atoms with Gasteiger partial charge in [0.1, 0.15) is 0 Å². The van der Waals surface area contributed by atoms with E-state index in [-0.39, 0.29) is 5.92 Å². The highest BCUT2D eigenvalue weighted by atomic mass is 16.3. The van der Waals surface area contributed by atoms with Crippen LogP contribution in [-0.4, -0.2) is 10.7 Å². The molecule has 0 bridgehead atoms. The fraction of sp³-hybridized carbons (Fsp3) is 0.700. The largest absolute Gasteiger partial charge is 0.385 e. The van der Waals surface area contributed by atoms with E-state index in [0.29, 0.717) is 23.2 Å². The molecule has 1 nitrogen and oxygen atoms in total. The summed E-state index contributed by atoms with van der Waals surface area (Å²) in [5.74, 6) is 2.37. The van der Waals surface area contributed by atoms with E-state index in [1.165, 1.54) is 5.57 Å². The van der Waals surface area contributed by atoms with Gasteiger partial charge in [0, 0.05) is 5.92 Å². The van der Waals surface area contributed by atoms with Gasteiger partial charge >= 0.3 is 0 Å². The van der Waals surface area contributed by atoms with Gasteiger partial charge in [0.25, 0.3) is 0 Å². The predicted octanol–water partition coefficient (Wildman–Crippen LogP) is 4.74. The molecule has 1 unspecified atom stereocenters. The summed E-state index contributed by atoms with van der Waals surface area (Å²) in [4.78, 5) is 0. The van der Waals surface area contributed by atoms with E-state index in [0.717, 1.165) is 31.6 Å². The third kappa shape index (κ3) is 1.93. The maximum absolute atomic E-state index is 11.8. The second-order valence-corrected chi connectivity index (χ2v) is 8.14. The number of fused-ring (bicyclic) bond motifs is 1. The standard InChI is InChI=1S/C20H30O/c1-6-9-14-10-8-11-16(14)20(21)13(3)12-17-18(15(20)7-2)19(17,4)5/h6-7,11,13-15,17-18,21H,1-2,8-10,12H2,3-5H3/t13-,14?,15+,17-,18+,20-/m1/s1. The highest BCUT2D eigenvalue weighted by molar-refractivity contribution is 5.34. The monoisotopic (exact) mass is 286 g/mol. The summed E-state index contributed by atoms with van der Waals surface area (Å²) in [5.41, 5.74) is 0.979. The van der Waals surface area contributed by atoms with Crippen molar-refractivity contribution in [1.29, 1.82) is 0 Å². The molecule has 3 aliphatic carbocycles. The maximum atomic E-state index is 11.8. The van der Waals surface area contributed by atoms with Crippen molar-refractivity contribution in [2.45, 2.75) is 52.1 Å². The smallest absolute Gasteiger partial charge is 0.0950 e. The first-order valence-electron chi connectivity index (χ1n) is 8.55. The van der Waals surface area contributed by atoms with Crippen molar-refractivity contribution in [2.75, 3.05) is 0 Å². The van der Waals surface area contributed by atoms with Gasteiger partial charge in [-0.2, -0.15) is 0 Å². The van der Waals surface area contributed by atoms with E-state index in [4.69, 9.17) is 0 Å². The van der Waals surface area contributed by atoms with Crippen LogP contribution >= 0.6 is 0 Å². The number of hydrogen-bond donors (Lipinski definition) is 1. The lowest BCUT2D eigenvalue weighted by atomic mass is 9.63. The van der Waals surface area contributed by atoms with Gasteiger partial charge in [0.15, 0.2) is 0 Å². The molecule has 1 N–H and O–H groups in total. The average Bonchev–Trinajstić information content (AvgIpc) is 2.80. The molecule has 6 atom stereocenters. The van der Waals surface area contributed by atoms with Crippen LogP contribution in [0.15, 0.2) is 37.0 Å². The molecule has 21 heavy (non-hydrogen) atoms. The average molecular weight is 286 g/mol. The molecule has 0 aromatic heterocycles. The number of rotatable bonds is 4. The van der Waals surface area contributed by atoms with E-state index in [1.807, 2.05) is 12.2 Å². The summed E-state index contributed by atoms with van der Waals surface area (Å²) in [6, 6.07) is 0. The Kier molecular flexibility index (Phi) is 3.48. The Labute approximate surface area is 129 Å². The normalized spacial score (nSPS) is 47.4. The molecular formula is C20H30O. The first kappa shape index (κ1) is 15.1. The highest BCUT2D eigenvalue weighted by Crippen LogP contribution is 2.71. The van der Waals surface area contributed by atoms with Gasteiger partial charge in [0.2, 0.25) is 0 Å². The van der Waals surface area contributed by atoms with Gasteiger partial charge in [0.05, 0.1) is 5.60 Å². The Hall–Kier alpha value is -0.820. The molecule has 0 spiro atoms. The van der Waals surface area contributed by atoms with Crippen LogP contribution in [0.3, 0.4) is 0 Å². The topological polar surface area (TPSA) is 20.2 Å². The summed E-state index contributed by atoms with van der Waals surface area (Å²) in [7, 11) is 0. The zero-order valence-electron chi connectivity index (χ0n) is 13.8. The van der Waals surface area contributed by atoms with Crippen LogP contribution in [0.4, 0.5) is 0 Å². The molecule has 0 aromatic rings. The van der Waals surface area contributed by atoms with Crippen molar-refractivity contribution in [3.63, 3.8) is 0 Å². The molecule has 1 heteroatoms. The third-order valence-electron chi connectivity index (χ3n) is 6.88. The Balaban J connectivity index is 1.98. The maximum Gasteiger partial charge on any atom is 0.0950 e. The van der Waals surface area contributed by atoms with Gasteiger partial charge in [-0.3, -0.25) is 0 Å². The van der Waals surface area contributed by atoms with Gasteiger partial charge in [-0.05, 0) is 60.3 Å². The first-order valence-corrected chi connectivity index (χ1v) is 8.55. The van der Waals surface area contributed by atoms with Crippen molar-refractivity contribution >= 4 is 0 Å². The fourth-order valence-corrected chi connectivity index (χ4v) is 5.61. The quantitative estimate of drug-likeness (QED) is 0.740. The zero-order chi connectivity index (χ0) is 15.4. The van der Waals surface area contributed by atoms with Gasteiger partial charge < -0.3 is 5.11 Å². The lowest BCUT2D eigenvalue weighted by molar-refractivity contribution is -0.0511. The van der Waals surface area contributed by atoms with Crippen LogP contribution in [0.25, 0.3) is 0 Å². The van der Waals surface area contributed by atoms with Crippen molar-refractivity contribution in [1.82, 2.24) is 0 Å². The second kappa shape index (κ2) is 4.84. The molecule has 0 heterocycles. The Morgan fingerprint density at radius 2 is 2.10 bits per heavy atom. The molecular weight excluding hydrogens is 256 g/mol. The van der Waals surface area contributed by atoms with Gasteiger partial charge in [-0.15, -0.1) is 13.2 Å². The van der Waals surface area contributed by atoms with Crippen molar-refractivity contribution in [3.05, 3.63) is 37.0 Å². The predicted molar refractivity (Wildman–Crippen MR) is 88.8 cm³/mol. The Morgan fingerprint density at radius 3 is 2.71 bits per heavy atom. The van der Waals surface area contributed by atoms with Crippen LogP contribution in [0.5, 0.6) is 0 Å². The van der Waals surface area contributed by atoms with Gasteiger partial charge in [-0.25, -0.2) is 0 Å². The Bertz CT molecular complexity index is 486. The lowest BCUT2D eigenvalue weighted by Crippen LogP contribution is -2.50. The minimum atomic E-state index is -0.680. The van der Waals surface area contributed by atoms with Crippen molar-refractivity contribution in [2.24, 2.45) is 35.0 Å². The molecule has 0 aromatic carbocycles. The summed E-state index contributed by atoms with van der Waals surface area (Å²) < 4.78 is 0. The van der Waals surface area contributed by atoms with Crippen LogP contribution in [0.1, 0.15) is 46.5 Å². The van der Waals surface area contributed by atoms with Crippen molar-refractivity contribution < 1.29 is 5.11 Å². The summed E-state index contributed by atoms with van der Waals surface area (Å²) in [6.07, 6.45) is 10.8.